The molecule has 1 fully saturated rings. The van der Waals surface area contributed by atoms with Gasteiger partial charge in [0.15, 0.2) is 9.84 Å². The van der Waals surface area contributed by atoms with E-state index in [0.717, 1.165) is 27.5 Å². The van der Waals surface area contributed by atoms with Crippen LogP contribution in [-0.4, -0.2) is 43.8 Å². The van der Waals surface area contributed by atoms with Gasteiger partial charge in [0.25, 0.3) is 0 Å². The van der Waals surface area contributed by atoms with Crippen molar-refractivity contribution in [1.82, 2.24) is 4.90 Å². The van der Waals surface area contributed by atoms with Crippen LogP contribution in [-0.2, 0) is 21.1 Å². The molecule has 176 valence electrons. The predicted octanol–water partition coefficient (Wildman–Crippen LogP) is 4.09. The number of carbonyl (C=O) groups is 1. The van der Waals surface area contributed by atoms with E-state index in [9.17, 15) is 18.0 Å². The average Bonchev–Trinajstić information content (AvgIpc) is 3.40. The number of carbonyl (C=O) groups excluding carboxylic acids is 1. The van der Waals surface area contributed by atoms with Crippen LogP contribution in [0.4, 0.5) is 0 Å². The SMILES string of the molecule is Cc1c(CCC(=O)N(C)[C@@H]2CCS(=O)(=O)C2)c(=O)oc2cc3occ(-c4ccccc4)c3cc12. The van der Waals surface area contributed by atoms with Crippen molar-refractivity contribution in [2.45, 2.75) is 32.2 Å². The van der Waals surface area contributed by atoms with Crippen molar-refractivity contribution < 1.29 is 22.0 Å². The molecule has 0 unspecified atom stereocenters. The van der Waals surface area contributed by atoms with Gasteiger partial charge in [0.2, 0.25) is 5.91 Å². The molecule has 0 aliphatic carbocycles. The van der Waals surface area contributed by atoms with E-state index in [0.29, 0.717) is 23.2 Å². The van der Waals surface area contributed by atoms with E-state index in [1.165, 1.54) is 4.90 Å². The Labute approximate surface area is 196 Å². The molecule has 0 N–H and O–H groups in total. The minimum Gasteiger partial charge on any atom is -0.464 e. The van der Waals surface area contributed by atoms with Gasteiger partial charge in [-0.2, -0.15) is 0 Å². The van der Waals surface area contributed by atoms with Crippen molar-refractivity contribution in [2.75, 3.05) is 18.6 Å². The predicted molar refractivity (Wildman–Crippen MR) is 131 cm³/mol. The van der Waals surface area contributed by atoms with E-state index >= 15 is 0 Å². The number of amides is 1. The van der Waals surface area contributed by atoms with Crippen molar-refractivity contribution in [2.24, 2.45) is 0 Å². The highest BCUT2D eigenvalue weighted by atomic mass is 32.2. The molecule has 1 saturated heterocycles. The first-order valence-corrected chi connectivity index (χ1v) is 13.0. The smallest absolute Gasteiger partial charge is 0.339 e. The summed E-state index contributed by atoms with van der Waals surface area (Å²) < 4.78 is 34.8. The van der Waals surface area contributed by atoms with E-state index in [1.54, 1.807) is 19.4 Å². The standard InChI is InChI=1S/C26H25NO6S/c1-16-19(8-9-25(28)27(2)18-10-11-34(30,31)15-18)26(29)33-24-13-23-21(12-20(16)24)22(14-32-23)17-6-4-3-5-7-17/h3-7,12-14,18H,8-11,15H2,1-2H3/t18-/m1/s1. The van der Waals surface area contributed by atoms with E-state index in [2.05, 4.69) is 0 Å². The molecule has 1 aliphatic rings. The summed E-state index contributed by atoms with van der Waals surface area (Å²) in [4.78, 5) is 27.0. The molecule has 1 aliphatic heterocycles. The highest BCUT2D eigenvalue weighted by Crippen LogP contribution is 2.34. The molecule has 2 aromatic heterocycles. The number of rotatable bonds is 5. The van der Waals surface area contributed by atoms with Crippen molar-refractivity contribution in [1.29, 1.82) is 0 Å². The van der Waals surface area contributed by atoms with Crippen LogP contribution < -0.4 is 5.63 Å². The van der Waals surface area contributed by atoms with Gasteiger partial charge in [0.05, 0.1) is 17.8 Å². The third kappa shape index (κ3) is 4.03. The van der Waals surface area contributed by atoms with Crippen LogP contribution >= 0.6 is 0 Å². The molecule has 7 nitrogen and oxygen atoms in total. The van der Waals surface area contributed by atoms with E-state index in [-0.39, 0.29) is 36.3 Å². The highest BCUT2D eigenvalue weighted by Gasteiger charge is 2.32. The minimum absolute atomic E-state index is 0.00315. The van der Waals surface area contributed by atoms with Crippen molar-refractivity contribution >= 4 is 37.7 Å². The van der Waals surface area contributed by atoms with E-state index in [4.69, 9.17) is 8.83 Å². The van der Waals surface area contributed by atoms with Crippen LogP contribution in [0.1, 0.15) is 24.0 Å². The lowest BCUT2D eigenvalue weighted by Gasteiger charge is -2.23. The Kier molecular flexibility index (Phi) is 5.56. The topological polar surface area (TPSA) is 97.8 Å². The molecule has 3 heterocycles. The molecule has 34 heavy (non-hydrogen) atoms. The van der Waals surface area contributed by atoms with E-state index < -0.39 is 15.5 Å². The van der Waals surface area contributed by atoms with Gasteiger partial charge < -0.3 is 13.7 Å². The Morgan fingerprint density at radius 3 is 2.59 bits per heavy atom. The van der Waals surface area contributed by atoms with Crippen LogP contribution in [0.25, 0.3) is 33.1 Å². The second-order valence-electron chi connectivity index (χ2n) is 8.91. The first-order chi connectivity index (χ1) is 16.2. The lowest BCUT2D eigenvalue weighted by atomic mass is 9.98. The van der Waals surface area contributed by atoms with Crippen molar-refractivity contribution in [3.05, 3.63) is 70.3 Å². The Bertz CT molecular complexity index is 1570. The largest absolute Gasteiger partial charge is 0.464 e. The number of aryl methyl sites for hydroxylation is 1. The molecule has 5 rings (SSSR count). The number of hydrogen-bond acceptors (Lipinski definition) is 6. The summed E-state index contributed by atoms with van der Waals surface area (Å²) in [6.07, 6.45) is 2.48. The van der Waals surface area contributed by atoms with Crippen LogP contribution in [0, 0.1) is 6.92 Å². The monoisotopic (exact) mass is 479 g/mol. The van der Waals surface area contributed by atoms with Crippen LogP contribution in [0.3, 0.4) is 0 Å². The first-order valence-electron chi connectivity index (χ1n) is 11.2. The summed E-state index contributed by atoms with van der Waals surface area (Å²) in [5.41, 5.74) is 3.80. The Morgan fingerprint density at radius 2 is 1.88 bits per heavy atom. The molecule has 1 amide bonds. The maximum absolute atomic E-state index is 12.7. The zero-order valence-corrected chi connectivity index (χ0v) is 19.9. The maximum Gasteiger partial charge on any atom is 0.339 e. The normalized spacial score (nSPS) is 17.4. The van der Waals surface area contributed by atoms with Gasteiger partial charge in [-0.1, -0.05) is 30.3 Å². The lowest BCUT2D eigenvalue weighted by Crippen LogP contribution is -2.38. The molecule has 2 aromatic carbocycles. The van der Waals surface area contributed by atoms with Gasteiger partial charge in [0.1, 0.15) is 11.2 Å². The quantitative estimate of drug-likeness (QED) is 0.400. The summed E-state index contributed by atoms with van der Waals surface area (Å²) in [5.74, 6) is -0.0786. The van der Waals surface area contributed by atoms with Crippen LogP contribution in [0.15, 0.2) is 62.4 Å². The zero-order chi connectivity index (χ0) is 24.0. The molecule has 4 aromatic rings. The molecule has 0 spiro atoms. The van der Waals surface area contributed by atoms with Gasteiger partial charge in [-0.3, -0.25) is 4.79 Å². The number of benzene rings is 2. The van der Waals surface area contributed by atoms with Crippen LogP contribution in [0.5, 0.6) is 0 Å². The van der Waals surface area contributed by atoms with Gasteiger partial charge >= 0.3 is 5.63 Å². The highest BCUT2D eigenvalue weighted by molar-refractivity contribution is 7.91. The van der Waals surface area contributed by atoms with Crippen LogP contribution in [0.2, 0.25) is 0 Å². The molecule has 0 radical (unpaired) electrons. The second-order valence-corrected chi connectivity index (χ2v) is 11.1. The first kappa shape index (κ1) is 22.4. The summed E-state index contributed by atoms with van der Waals surface area (Å²) in [6, 6.07) is 13.3. The van der Waals surface area contributed by atoms with E-state index in [1.807, 2.05) is 43.3 Å². The lowest BCUT2D eigenvalue weighted by molar-refractivity contribution is -0.131. The molecular formula is C26H25NO6S. The number of sulfone groups is 1. The number of hydrogen-bond donors (Lipinski definition) is 0. The zero-order valence-electron chi connectivity index (χ0n) is 19.0. The maximum atomic E-state index is 12.7. The number of furan rings is 1. The summed E-state index contributed by atoms with van der Waals surface area (Å²) in [7, 11) is -1.45. The Balaban J connectivity index is 1.45. The van der Waals surface area contributed by atoms with Gasteiger partial charge in [-0.25, -0.2) is 13.2 Å². The average molecular weight is 480 g/mol. The molecule has 0 bridgehead atoms. The van der Waals surface area contributed by atoms with Gasteiger partial charge in [-0.15, -0.1) is 0 Å². The fourth-order valence-electron chi connectivity index (χ4n) is 4.73. The number of nitrogens with zero attached hydrogens (tertiary/aromatic N) is 1. The summed E-state index contributed by atoms with van der Waals surface area (Å²) >= 11 is 0. The van der Waals surface area contributed by atoms with Crippen molar-refractivity contribution in [3.63, 3.8) is 0 Å². The molecular weight excluding hydrogens is 454 g/mol. The fraction of sp³-hybridized carbons (Fsp3) is 0.308. The second kappa shape index (κ2) is 8.43. The third-order valence-electron chi connectivity index (χ3n) is 6.80. The fourth-order valence-corrected chi connectivity index (χ4v) is 6.51. The van der Waals surface area contributed by atoms with Gasteiger partial charge in [0, 0.05) is 47.5 Å². The summed E-state index contributed by atoms with van der Waals surface area (Å²) in [5, 5.41) is 1.71. The minimum atomic E-state index is -3.08. The number of fused-ring (bicyclic) bond motifs is 2. The Hall–Kier alpha value is -3.39. The third-order valence-corrected chi connectivity index (χ3v) is 8.55. The molecule has 0 saturated carbocycles. The van der Waals surface area contributed by atoms with Crippen molar-refractivity contribution in [3.8, 4) is 11.1 Å². The Morgan fingerprint density at radius 1 is 1.12 bits per heavy atom. The van der Waals surface area contributed by atoms with Gasteiger partial charge in [-0.05, 0) is 37.0 Å². The molecule has 8 heteroatoms. The summed E-state index contributed by atoms with van der Waals surface area (Å²) in [6.45, 7) is 1.86. The molecule has 1 atom stereocenters.